The highest BCUT2D eigenvalue weighted by Gasteiger charge is 2.17. The number of nitriles is 1. The van der Waals surface area contributed by atoms with Crippen LogP contribution in [0.4, 0.5) is 18.9 Å². The van der Waals surface area contributed by atoms with Gasteiger partial charge in [0.2, 0.25) is 0 Å². The molecule has 0 spiro atoms. The van der Waals surface area contributed by atoms with Crippen LogP contribution >= 0.6 is 23.5 Å². The Balaban J connectivity index is 1.75. The molecule has 0 aliphatic carbocycles. The summed E-state index contributed by atoms with van der Waals surface area (Å²) in [5, 5.41) is 9.78. The van der Waals surface area contributed by atoms with Crippen LogP contribution in [0.5, 0.6) is 5.75 Å². The number of benzene rings is 3. The minimum atomic E-state index is -2.64. The molecule has 35 heavy (non-hydrogen) atoms. The normalized spacial score (nSPS) is 10.7. The second-order valence-electron chi connectivity index (χ2n) is 7.31. The van der Waals surface area contributed by atoms with E-state index in [1.165, 1.54) is 12.1 Å². The Kier molecular flexibility index (Phi) is 7.80. The topological polar surface area (TPSA) is 57.9 Å². The monoisotopic (exact) mass is 511 g/mol. The summed E-state index contributed by atoms with van der Waals surface area (Å²) in [6, 6.07) is 23.9. The van der Waals surface area contributed by atoms with Crippen LogP contribution in [0.1, 0.15) is 11.1 Å². The largest absolute Gasteiger partial charge is 0.487 e. The third-order valence-electron chi connectivity index (χ3n) is 5.01. The molecule has 176 valence electrons. The first-order valence-electron chi connectivity index (χ1n) is 10.3. The predicted octanol–water partition coefficient (Wildman–Crippen LogP) is 7.94. The Hall–Kier alpha value is -3.67. The molecule has 0 aliphatic rings. The summed E-state index contributed by atoms with van der Waals surface area (Å²) < 4.78 is 47.3. The first kappa shape index (κ1) is 24.5. The fourth-order valence-electron chi connectivity index (χ4n) is 3.35. The SMILES string of the molecule is N#Cc1c(-c2ccc(NSC(F)F)c(OCc3ccc(F)cc3)c2)cc(-c2ccccc2)nc1Cl. The smallest absolute Gasteiger partial charge is 0.302 e. The van der Waals surface area contributed by atoms with Gasteiger partial charge >= 0.3 is 5.76 Å². The summed E-state index contributed by atoms with van der Waals surface area (Å²) in [7, 11) is 0. The van der Waals surface area contributed by atoms with Gasteiger partial charge in [0.1, 0.15) is 29.4 Å². The summed E-state index contributed by atoms with van der Waals surface area (Å²) in [4.78, 5) is 4.35. The number of anilines is 1. The van der Waals surface area contributed by atoms with Gasteiger partial charge in [-0.2, -0.15) is 14.0 Å². The summed E-state index contributed by atoms with van der Waals surface area (Å²) in [6.45, 7) is 0.0786. The number of ether oxygens (including phenoxy) is 1. The Labute approximate surface area is 209 Å². The molecule has 0 radical (unpaired) electrons. The Morgan fingerprint density at radius 1 is 1.00 bits per heavy atom. The second-order valence-corrected chi connectivity index (χ2v) is 8.46. The van der Waals surface area contributed by atoms with Crippen LogP contribution in [0, 0.1) is 17.1 Å². The van der Waals surface area contributed by atoms with Crippen molar-refractivity contribution in [2.24, 2.45) is 0 Å². The van der Waals surface area contributed by atoms with Crippen LogP contribution in [-0.4, -0.2) is 10.7 Å². The van der Waals surface area contributed by atoms with Crippen molar-refractivity contribution >= 4 is 29.2 Å². The lowest BCUT2D eigenvalue weighted by molar-refractivity contribution is 0.252. The van der Waals surface area contributed by atoms with Gasteiger partial charge in [-0.05, 0) is 41.5 Å². The van der Waals surface area contributed by atoms with E-state index in [9.17, 15) is 18.4 Å². The van der Waals surface area contributed by atoms with Crippen molar-refractivity contribution in [2.75, 3.05) is 4.72 Å². The van der Waals surface area contributed by atoms with Crippen LogP contribution in [-0.2, 0) is 6.61 Å². The van der Waals surface area contributed by atoms with E-state index in [4.69, 9.17) is 16.3 Å². The summed E-state index contributed by atoms with van der Waals surface area (Å²) in [6.07, 6.45) is 0. The Morgan fingerprint density at radius 3 is 2.43 bits per heavy atom. The van der Waals surface area contributed by atoms with Crippen molar-refractivity contribution in [3.8, 4) is 34.2 Å². The highest BCUT2D eigenvalue weighted by Crippen LogP contribution is 2.37. The van der Waals surface area contributed by atoms with Gasteiger partial charge in [0.05, 0.1) is 16.9 Å². The zero-order chi connectivity index (χ0) is 24.8. The molecule has 0 saturated heterocycles. The van der Waals surface area contributed by atoms with Crippen LogP contribution in [0.2, 0.25) is 5.15 Å². The molecule has 4 aromatic rings. The van der Waals surface area contributed by atoms with Gasteiger partial charge < -0.3 is 9.46 Å². The van der Waals surface area contributed by atoms with Crippen LogP contribution < -0.4 is 9.46 Å². The zero-order valence-electron chi connectivity index (χ0n) is 18.0. The Bertz CT molecular complexity index is 1360. The third kappa shape index (κ3) is 6.07. The number of pyridine rings is 1. The highest BCUT2D eigenvalue weighted by atomic mass is 35.5. The molecule has 0 atom stereocenters. The molecule has 0 aliphatic heterocycles. The lowest BCUT2D eigenvalue weighted by Crippen LogP contribution is -2.01. The zero-order valence-corrected chi connectivity index (χ0v) is 19.6. The fraction of sp³-hybridized carbons (Fsp3) is 0.0769. The minimum absolute atomic E-state index is 0.0492. The van der Waals surface area contributed by atoms with E-state index in [1.54, 1.807) is 36.4 Å². The number of nitrogens with one attached hydrogen (secondary N) is 1. The van der Waals surface area contributed by atoms with Crippen LogP contribution in [0.3, 0.4) is 0 Å². The maximum Gasteiger partial charge on any atom is 0.302 e. The van der Waals surface area contributed by atoms with Crippen molar-refractivity contribution in [3.63, 3.8) is 0 Å². The van der Waals surface area contributed by atoms with E-state index in [1.807, 2.05) is 30.3 Å². The van der Waals surface area contributed by atoms with Crippen molar-refractivity contribution in [1.29, 1.82) is 5.26 Å². The number of rotatable bonds is 8. The molecule has 0 fully saturated rings. The van der Waals surface area contributed by atoms with Crippen molar-refractivity contribution in [2.45, 2.75) is 12.4 Å². The van der Waals surface area contributed by atoms with E-state index < -0.39 is 5.76 Å². The van der Waals surface area contributed by atoms with E-state index in [-0.39, 0.29) is 40.8 Å². The van der Waals surface area contributed by atoms with Crippen molar-refractivity contribution < 1.29 is 17.9 Å². The molecule has 0 saturated carbocycles. The molecular weight excluding hydrogens is 495 g/mol. The number of halogens is 4. The number of nitrogens with zero attached hydrogens (tertiary/aromatic N) is 2. The predicted molar refractivity (Wildman–Crippen MR) is 133 cm³/mol. The average molecular weight is 512 g/mol. The van der Waals surface area contributed by atoms with Crippen molar-refractivity contribution in [1.82, 2.24) is 4.98 Å². The third-order valence-corrected chi connectivity index (χ3v) is 5.80. The molecule has 1 aromatic heterocycles. The van der Waals surface area contributed by atoms with Gasteiger partial charge in [-0.3, -0.25) is 0 Å². The van der Waals surface area contributed by atoms with E-state index in [2.05, 4.69) is 15.8 Å². The quantitative estimate of drug-likeness (QED) is 0.192. The van der Waals surface area contributed by atoms with Crippen molar-refractivity contribution in [3.05, 3.63) is 101 Å². The van der Waals surface area contributed by atoms with E-state index >= 15 is 0 Å². The summed E-state index contributed by atoms with van der Waals surface area (Å²) in [5.74, 6) is -2.74. The maximum absolute atomic E-state index is 13.2. The molecule has 0 amide bonds. The van der Waals surface area contributed by atoms with E-state index in [0.29, 0.717) is 28.1 Å². The first-order valence-corrected chi connectivity index (χ1v) is 11.6. The van der Waals surface area contributed by atoms with Crippen LogP contribution in [0.15, 0.2) is 78.9 Å². The fourth-order valence-corrected chi connectivity index (χ4v) is 3.97. The average Bonchev–Trinajstić information content (AvgIpc) is 2.87. The maximum atomic E-state index is 13.2. The summed E-state index contributed by atoms with van der Waals surface area (Å²) in [5.41, 5.74) is 3.70. The van der Waals surface area contributed by atoms with Gasteiger partial charge in [0, 0.05) is 23.1 Å². The van der Waals surface area contributed by atoms with Gasteiger partial charge in [-0.25, -0.2) is 9.37 Å². The second kappa shape index (κ2) is 11.2. The molecule has 3 aromatic carbocycles. The molecule has 4 rings (SSSR count). The van der Waals surface area contributed by atoms with Crippen LogP contribution in [0.25, 0.3) is 22.4 Å². The van der Waals surface area contributed by atoms with Gasteiger partial charge in [0.25, 0.3) is 0 Å². The number of hydrogen-bond donors (Lipinski definition) is 1. The number of alkyl halides is 2. The highest BCUT2D eigenvalue weighted by molar-refractivity contribution is 8.00. The molecule has 1 N–H and O–H groups in total. The molecule has 1 heterocycles. The Morgan fingerprint density at radius 2 is 1.74 bits per heavy atom. The first-order chi connectivity index (χ1) is 16.9. The lowest BCUT2D eigenvalue weighted by Gasteiger charge is -2.16. The lowest BCUT2D eigenvalue weighted by atomic mass is 9.98. The molecule has 0 unspecified atom stereocenters. The molecular formula is C26H17ClF3N3OS. The standard InChI is InChI=1S/C26H17ClF3N3OS/c27-25-21(14-31)20(13-23(32-25)17-4-2-1-3-5-17)18-8-11-22(33-35-26(29)30)24(12-18)34-15-16-6-9-19(28)10-7-16/h1-13,26,33H,15H2. The number of aromatic nitrogens is 1. The van der Waals surface area contributed by atoms with Gasteiger partial charge in [-0.15, -0.1) is 0 Å². The number of hydrogen-bond acceptors (Lipinski definition) is 5. The van der Waals surface area contributed by atoms with Gasteiger partial charge in [-0.1, -0.05) is 60.1 Å². The molecule has 0 bridgehead atoms. The minimum Gasteiger partial charge on any atom is -0.487 e. The molecule has 9 heteroatoms. The van der Waals surface area contributed by atoms with Gasteiger partial charge in [0.15, 0.2) is 0 Å². The van der Waals surface area contributed by atoms with E-state index in [0.717, 1.165) is 5.56 Å². The summed E-state index contributed by atoms with van der Waals surface area (Å²) >= 11 is 6.59. The molecule has 4 nitrogen and oxygen atoms in total.